The van der Waals surface area contributed by atoms with Crippen LogP contribution in [0.3, 0.4) is 0 Å². The van der Waals surface area contributed by atoms with E-state index in [4.69, 9.17) is 5.11 Å². The highest BCUT2D eigenvalue weighted by atomic mass is 19.1. The largest absolute Gasteiger partial charge is 0.481 e. The molecule has 5 nitrogen and oxygen atoms in total. The summed E-state index contributed by atoms with van der Waals surface area (Å²) >= 11 is 0. The Balaban J connectivity index is 2.26. The third-order valence-electron chi connectivity index (χ3n) is 2.60. The molecule has 1 aromatic heterocycles. The minimum atomic E-state index is -0.970. The molecule has 0 bridgehead atoms. The predicted molar refractivity (Wildman–Crippen MR) is 66.2 cm³/mol. The number of aromatic nitrogens is 2. The van der Waals surface area contributed by atoms with E-state index in [0.717, 1.165) is 0 Å². The molecule has 0 fully saturated rings. The minimum Gasteiger partial charge on any atom is -0.481 e. The van der Waals surface area contributed by atoms with E-state index in [1.54, 1.807) is 0 Å². The summed E-state index contributed by atoms with van der Waals surface area (Å²) < 4.78 is 12.8. The molecule has 1 aromatic carbocycles. The van der Waals surface area contributed by atoms with E-state index < -0.39 is 5.97 Å². The molecule has 0 amide bonds. The first-order valence-corrected chi connectivity index (χ1v) is 5.62. The Morgan fingerprint density at radius 1 is 1.32 bits per heavy atom. The summed E-state index contributed by atoms with van der Waals surface area (Å²) in [5, 5.41) is 8.56. The van der Waals surface area contributed by atoms with Gasteiger partial charge in [0, 0.05) is 23.7 Å². The Morgan fingerprint density at radius 3 is 2.58 bits per heavy atom. The molecule has 0 radical (unpaired) electrons. The number of nitrogens with zero attached hydrogens (tertiary/aromatic N) is 1. The van der Waals surface area contributed by atoms with E-state index >= 15 is 0 Å². The van der Waals surface area contributed by atoms with Crippen molar-refractivity contribution in [1.82, 2.24) is 9.97 Å². The molecule has 0 atom stereocenters. The average Bonchev–Trinajstić information content (AvgIpc) is 2.38. The fraction of sp³-hybridized carbons (Fsp3) is 0.154. The van der Waals surface area contributed by atoms with Gasteiger partial charge in [0.05, 0.1) is 0 Å². The zero-order valence-corrected chi connectivity index (χ0v) is 9.89. The molecule has 0 saturated carbocycles. The molecule has 0 aliphatic rings. The van der Waals surface area contributed by atoms with Gasteiger partial charge in [-0.2, -0.15) is 0 Å². The number of nitrogens with one attached hydrogen (secondary N) is 1. The summed E-state index contributed by atoms with van der Waals surface area (Å²) in [6.45, 7) is 0. The molecule has 0 saturated heterocycles. The van der Waals surface area contributed by atoms with E-state index in [1.807, 2.05) is 0 Å². The summed E-state index contributed by atoms with van der Waals surface area (Å²) in [4.78, 5) is 28.8. The van der Waals surface area contributed by atoms with Crippen LogP contribution in [0.2, 0.25) is 0 Å². The molecule has 0 unspecified atom stereocenters. The first kappa shape index (κ1) is 12.9. The molecule has 1 heterocycles. The third kappa shape index (κ3) is 3.25. The molecule has 0 spiro atoms. The molecular weight excluding hydrogens is 251 g/mol. The monoisotopic (exact) mass is 262 g/mol. The number of H-pyrrole nitrogens is 1. The van der Waals surface area contributed by atoms with Crippen LogP contribution in [0, 0.1) is 5.82 Å². The van der Waals surface area contributed by atoms with Gasteiger partial charge in [-0.3, -0.25) is 9.59 Å². The Kier molecular flexibility index (Phi) is 3.70. The van der Waals surface area contributed by atoms with Gasteiger partial charge in [0.15, 0.2) is 0 Å². The summed E-state index contributed by atoms with van der Waals surface area (Å²) in [7, 11) is 0. The second kappa shape index (κ2) is 5.43. The highest BCUT2D eigenvalue weighted by Gasteiger charge is 2.06. The number of aromatic amines is 1. The normalized spacial score (nSPS) is 10.4. The van der Waals surface area contributed by atoms with E-state index in [-0.39, 0.29) is 24.2 Å². The van der Waals surface area contributed by atoms with Crippen LogP contribution in [0.1, 0.15) is 12.0 Å². The number of carbonyl (C=O) groups is 1. The zero-order valence-electron chi connectivity index (χ0n) is 9.89. The first-order valence-electron chi connectivity index (χ1n) is 5.62. The van der Waals surface area contributed by atoms with E-state index in [2.05, 4.69) is 9.97 Å². The number of carboxylic acids is 1. The maximum absolute atomic E-state index is 12.8. The molecule has 19 heavy (non-hydrogen) atoms. The van der Waals surface area contributed by atoms with Crippen molar-refractivity contribution < 1.29 is 14.3 Å². The molecule has 0 aliphatic carbocycles. The third-order valence-corrected chi connectivity index (χ3v) is 2.60. The second-order valence-corrected chi connectivity index (χ2v) is 3.99. The van der Waals surface area contributed by atoms with Crippen molar-refractivity contribution in [3.63, 3.8) is 0 Å². The van der Waals surface area contributed by atoms with E-state index in [9.17, 15) is 14.0 Å². The standard InChI is InChI=1S/C13H11FN2O3/c14-10-4-1-8(2-5-10)12-15-7-9(13(19)16-12)3-6-11(17)18/h1-2,4-5,7H,3,6H2,(H,17,18)(H,15,16,19). The first-order chi connectivity index (χ1) is 9.06. The van der Waals surface area contributed by atoms with Crippen LogP contribution in [0.4, 0.5) is 4.39 Å². The fourth-order valence-corrected chi connectivity index (χ4v) is 1.60. The van der Waals surface area contributed by atoms with Gasteiger partial charge in [-0.05, 0) is 30.7 Å². The highest BCUT2D eigenvalue weighted by Crippen LogP contribution is 2.13. The van der Waals surface area contributed by atoms with E-state index in [0.29, 0.717) is 17.0 Å². The van der Waals surface area contributed by atoms with Crippen molar-refractivity contribution in [2.75, 3.05) is 0 Å². The van der Waals surface area contributed by atoms with Crippen LogP contribution >= 0.6 is 0 Å². The lowest BCUT2D eigenvalue weighted by atomic mass is 10.1. The van der Waals surface area contributed by atoms with Gasteiger partial charge in [-0.25, -0.2) is 9.37 Å². The molecule has 6 heteroatoms. The summed E-state index contributed by atoms with van der Waals surface area (Å²) in [5.41, 5.74) is 0.520. The maximum Gasteiger partial charge on any atom is 0.303 e. The van der Waals surface area contributed by atoms with Gasteiger partial charge >= 0.3 is 5.97 Å². The molecule has 2 rings (SSSR count). The lowest BCUT2D eigenvalue weighted by Gasteiger charge is -2.02. The van der Waals surface area contributed by atoms with Crippen LogP contribution in [0.25, 0.3) is 11.4 Å². The summed E-state index contributed by atoms with van der Waals surface area (Å²) in [5.74, 6) is -1.02. The minimum absolute atomic E-state index is 0.124. The van der Waals surface area contributed by atoms with Crippen molar-refractivity contribution in [3.8, 4) is 11.4 Å². The van der Waals surface area contributed by atoms with Crippen molar-refractivity contribution in [2.45, 2.75) is 12.8 Å². The zero-order chi connectivity index (χ0) is 13.8. The van der Waals surface area contributed by atoms with Gasteiger partial charge in [0.25, 0.3) is 5.56 Å². The van der Waals surface area contributed by atoms with Gasteiger partial charge < -0.3 is 10.1 Å². The molecule has 0 aliphatic heterocycles. The lowest BCUT2D eigenvalue weighted by molar-refractivity contribution is -0.136. The van der Waals surface area contributed by atoms with Gasteiger partial charge in [0.1, 0.15) is 11.6 Å². The van der Waals surface area contributed by atoms with Crippen molar-refractivity contribution in [2.24, 2.45) is 0 Å². The topological polar surface area (TPSA) is 83.0 Å². The summed E-state index contributed by atoms with van der Waals surface area (Å²) in [6, 6.07) is 5.55. The number of aliphatic carboxylic acids is 1. The molecule has 2 N–H and O–H groups in total. The van der Waals surface area contributed by atoms with Crippen LogP contribution in [0.15, 0.2) is 35.3 Å². The second-order valence-electron chi connectivity index (χ2n) is 3.99. The Labute approximate surface area is 107 Å². The summed E-state index contributed by atoms with van der Waals surface area (Å²) in [6.07, 6.45) is 1.35. The van der Waals surface area contributed by atoms with Crippen LogP contribution in [-0.4, -0.2) is 21.0 Å². The number of rotatable bonds is 4. The average molecular weight is 262 g/mol. The van der Waals surface area contributed by atoms with Gasteiger partial charge in [-0.15, -0.1) is 0 Å². The number of carboxylic acid groups (broad SMARTS) is 1. The van der Waals surface area contributed by atoms with Gasteiger partial charge in [-0.1, -0.05) is 0 Å². The smallest absolute Gasteiger partial charge is 0.303 e. The Morgan fingerprint density at radius 2 is 2.00 bits per heavy atom. The number of aryl methyl sites for hydroxylation is 1. The number of hydrogen-bond acceptors (Lipinski definition) is 3. The number of benzene rings is 1. The van der Waals surface area contributed by atoms with E-state index in [1.165, 1.54) is 30.5 Å². The number of hydrogen-bond donors (Lipinski definition) is 2. The van der Waals surface area contributed by atoms with Gasteiger partial charge in [0.2, 0.25) is 0 Å². The fourth-order valence-electron chi connectivity index (χ4n) is 1.60. The maximum atomic E-state index is 12.8. The molecule has 2 aromatic rings. The Bertz CT molecular complexity index is 650. The molecule has 98 valence electrons. The quantitative estimate of drug-likeness (QED) is 0.876. The van der Waals surface area contributed by atoms with Crippen LogP contribution in [-0.2, 0) is 11.2 Å². The van der Waals surface area contributed by atoms with Crippen LogP contribution in [0.5, 0.6) is 0 Å². The molecular formula is C13H11FN2O3. The lowest BCUT2D eigenvalue weighted by Crippen LogP contribution is -2.15. The number of halogens is 1. The highest BCUT2D eigenvalue weighted by molar-refractivity contribution is 5.67. The van der Waals surface area contributed by atoms with Crippen molar-refractivity contribution in [3.05, 3.63) is 52.2 Å². The predicted octanol–water partition coefficient (Wildman–Crippen LogP) is 1.59. The van der Waals surface area contributed by atoms with Crippen LogP contribution < -0.4 is 5.56 Å². The Hall–Kier alpha value is -2.50. The SMILES string of the molecule is O=C(O)CCc1cnc(-c2ccc(F)cc2)[nH]c1=O. The van der Waals surface area contributed by atoms with Crippen molar-refractivity contribution >= 4 is 5.97 Å². The van der Waals surface area contributed by atoms with Crippen molar-refractivity contribution in [1.29, 1.82) is 0 Å².